The third-order valence-electron chi connectivity index (χ3n) is 3.71. The minimum atomic E-state index is -0.439. The zero-order valence-corrected chi connectivity index (χ0v) is 12.5. The topological polar surface area (TPSA) is 63.6 Å². The van der Waals surface area contributed by atoms with Crippen molar-refractivity contribution in [1.82, 2.24) is 10.3 Å². The first-order chi connectivity index (χ1) is 9.76. The van der Waals surface area contributed by atoms with E-state index in [-0.39, 0.29) is 5.91 Å². The molecule has 6 heteroatoms. The molecule has 1 aliphatic heterocycles. The van der Waals surface area contributed by atoms with Gasteiger partial charge >= 0.3 is 0 Å². The zero-order chi connectivity index (χ0) is 13.9. The summed E-state index contributed by atoms with van der Waals surface area (Å²) < 4.78 is 0. The van der Waals surface area contributed by atoms with Crippen molar-refractivity contribution < 1.29 is 9.63 Å². The van der Waals surface area contributed by atoms with Gasteiger partial charge in [-0.25, -0.2) is 4.98 Å². The number of oxime groups is 1. The molecule has 0 radical (unpaired) electrons. The maximum Gasteiger partial charge on any atom is 0.264 e. The number of hydrogen-bond donors (Lipinski definition) is 1. The lowest BCUT2D eigenvalue weighted by Crippen LogP contribution is -2.35. The Labute approximate surface area is 122 Å². The number of nitrogens with one attached hydrogen (secondary N) is 1. The summed E-state index contributed by atoms with van der Waals surface area (Å²) in [4.78, 5) is 23.1. The molecule has 1 N–H and O–H groups in total. The molecule has 0 fully saturated rings. The molecule has 108 valence electrons. The van der Waals surface area contributed by atoms with Crippen LogP contribution in [-0.4, -0.2) is 29.3 Å². The van der Waals surface area contributed by atoms with Crippen LogP contribution in [0.1, 0.15) is 41.8 Å². The number of thiazole rings is 1. The second kappa shape index (κ2) is 5.91. The fourth-order valence-corrected chi connectivity index (χ4v) is 3.69. The third-order valence-corrected chi connectivity index (χ3v) is 4.93. The molecule has 0 unspecified atom stereocenters. The highest BCUT2D eigenvalue weighted by Crippen LogP contribution is 2.27. The smallest absolute Gasteiger partial charge is 0.264 e. The van der Waals surface area contributed by atoms with Gasteiger partial charge in [-0.15, -0.1) is 11.3 Å². The van der Waals surface area contributed by atoms with Crippen molar-refractivity contribution in [1.29, 1.82) is 0 Å². The average molecular weight is 293 g/mol. The van der Waals surface area contributed by atoms with E-state index in [1.54, 1.807) is 11.3 Å². The van der Waals surface area contributed by atoms with Crippen molar-refractivity contribution in [2.24, 2.45) is 5.16 Å². The second-order valence-corrected chi connectivity index (χ2v) is 6.35. The lowest BCUT2D eigenvalue weighted by Gasteiger charge is -2.08. The summed E-state index contributed by atoms with van der Waals surface area (Å²) in [6, 6.07) is 0. The molecule has 0 saturated carbocycles. The summed E-state index contributed by atoms with van der Waals surface area (Å²) >= 11 is 1.79. The molecule has 2 heterocycles. The molecule has 0 bridgehead atoms. The first kappa shape index (κ1) is 13.5. The molecule has 1 aromatic rings. The number of carbonyl (C=O) groups is 1. The van der Waals surface area contributed by atoms with Gasteiger partial charge in [-0.3, -0.25) is 4.79 Å². The highest BCUT2D eigenvalue weighted by atomic mass is 32.1. The van der Waals surface area contributed by atoms with Crippen molar-refractivity contribution in [2.75, 3.05) is 6.54 Å². The summed E-state index contributed by atoms with van der Waals surface area (Å²) in [6.45, 7) is 2.64. The van der Waals surface area contributed by atoms with Gasteiger partial charge in [0.25, 0.3) is 5.91 Å². The molecule has 0 aromatic carbocycles. The summed E-state index contributed by atoms with van der Waals surface area (Å²) in [5.74, 6) is -0.0682. The van der Waals surface area contributed by atoms with Crippen molar-refractivity contribution in [3.05, 3.63) is 15.6 Å². The van der Waals surface area contributed by atoms with Gasteiger partial charge in [0, 0.05) is 24.3 Å². The summed E-state index contributed by atoms with van der Waals surface area (Å²) in [7, 11) is 0. The maximum absolute atomic E-state index is 11.9. The first-order valence-corrected chi connectivity index (χ1v) is 8.04. The van der Waals surface area contributed by atoms with Crippen LogP contribution in [0.3, 0.4) is 0 Å². The minimum Gasteiger partial charge on any atom is -0.382 e. The lowest BCUT2D eigenvalue weighted by atomic mass is 10.1. The summed E-state index contributed by atoms with van der Waals surface area (Å²) in [5, 5.41) is 7.95. The van der Waals surface area contributed by atoms with E-state index in [1.807, 2.05) is 6.92 Å². The van der Waals surface area contributed by atoms with Gasteiger partial charge in [-0.05, 0) is 25.7 Å². The van der Waals surface area contributed by atoms with Crippen LogP contribution < -0.4 is 5.32 Å². The maximum atomic E-state index is 11.9. The van der Waals surface area contributed by atoms with Gasteiger partial charge in [0.1, 0.15) is 0 Å². The predicted octanol–water partition coefficient (Wildman–Crippen LogP) is 1.85. The van der Waals surface area contributed by atoms with Crippen LogP contribution in [-0.2, 0) is 28.9 Å². The Morgan fingerprint density at radius 1 is 1.50 bits per heavy atom. The molecule has 2 aliphatic rings. The van der Waals surface area contributed by atoms with E-state index >= 15 is 0 Å². The number of amides is 1. The highest BCUT2D eigenvalue weighted by Gasteiger charge is 2.26. The fourth-order valence-electron chi connectivity index (χ4n) is 2.53. The fraction of sp³-hybridized carbons (Fsp3) is 0.643. The number of rotatable bonds is 5. The average Bonchev–Trinajstić information content (AvgIpc) is 3.13. The minimum absolute atomic E-state index is 0.0682. The molecule has 1 aromatic heterocycles. The predicted molar refractivity (Wildman–Crippen MR) is 78.1 cm³/mol. The Hall–Kier alpha value is -1.43. The molecule has 3 rings (SSSR count). The molecular formula is C14H19N3O2S. The molecule has 20 heavy (non-hydrogen) atoms. The monoisotopic (exact) mass is 293 g/mol. The van der Waals surface area contributed by atoms with Crippen LogP contribution in [0.4, 0.5) is 0 Å². The summed E-state index contributed by atoms with van der Waals surface area (Å²) in [6.07, 6.45) is 5.35. The van der Waals surface area contributed by atoms with E-state index in [2.05, 4.69) is 15.5 Å². The molecule has 1 atom stereocenters. The number of carbonyl (C=O) groups excluding carboxylic acids is 1. The molecule has 5 nitrogen and oxygen atoms in total. The van der Waals surface area contributed by atoms with Gasteiger partial charge in [0.15, 0.2) is 0 Å². The van der Waals surface area contributed by atoms with Gasteiger partial charge in [0.05, 0.1) is 16.4 Å². The van der Waals surface area contributed by atoms with Crippen LogP contribution in [0.2, 0.25) is 0 Å². The number of hydrogen-bond acceptors (Lipinski definition) is 5. The van der Waals surface area contributed by atoms with Crippen molar-refractivity contribution in [3.63, 3.8) is 0 Å². The second-order valence-electron chi connectivity index (χ2n) is 5.18. The van der Waals surface area contributed by atoms with E-state index in [0.717, 1.165) is 30.0 Å². The van der Waals surface area contributed by atoms with Gasteiger partial charge in [0.2, 0.25) is 6.10 Å². The van der Waals surface area contributed by atoms with Crippen LogP contribution in [0, 0.1) is 0 Å². The van der Waals surface area contributed by atoms with Gasteiger partial charge in [-0.1, -0.05) is 12.1 Å². The van der Waals surface area contributed by atoms with Crippen LogP contribution >= 0.6 is 11.3 Å². The van der Waals surface area contributed by atoms with Crippen molar-refractivity contribution in [2.45, 2.75) is 51.6 Å². The Morgan fingerprint density at radius 2 is 2.40 bits per heavy atom. The molecule has 0 spiro atoms. The highest BCUT2D eigenvalue weighted by molar-refractivity contribution is 7.11. The molecule has 1 aliphatic carbocycles. The lowest BCUT2D eigenvalue weighted by molar-refractivity contribution is -0.131. The van der Waals surface area contributed by atoms with E-state index in [9.17, 15) is 4.79 Å². The van der Waals surface area contributed by atoms with E-state index < -0.39 is 6.10 Å². The largest absolute Gasteiger partial charge is 0.382 e. The van der Waals surface area contributed by atoms with Gasteiger partial charge < -0.3 is 10.2 Å². The standard InChI is InChI=1S/C14H19N3O2S/c1-2-9-8-11(19-17-9)14(18)15-7-6-13-16-10-4-3-5-12(10)20-13/h11H,2-8H2,1H3,(H,15,18)/t11-/m0/s1. The third kappa shape index (κ3) is 2.85. The molecule has 0 saturated heterocycles. The molecule has 1 amide bonds. The van der Waals surface area contributed by atoms with E-state index in [1.165, 1.54) is 23.4 Å². The Morgan fingerprint density at radius 3 is 3.15 bits per heavy atom. The quantitative estimate of drug-likeness (QED) is 0.901. The van der Waals surface area contributed by atoms with Gasteiger partial charge in [-0.2, -0.15) is 0 Å². The van der Waals surface area contributed by atoms with Crippen molar-refractivity contribution >= 4 is 23.0 Å². The Bertz CT molecular complexity index is 517. The Balaban J connectivity index is 1.42. The first-order valence-electron chi connectivity index (χ1n) is 7.23. The Kier molecular flexibility index (Phi) is 4.00. The number of nitrogens with zero attached hydrogens (tertiary/aromatic N) is 2. The van der Waals surface area contributed by atoms with E-state index in [0.29, 0.717) is 13.0 Å². The van der Waals surface area contributed by atoms with E-state index in [4.69, 9.17) is 4.84 Å². The number of aryl methyl sites for hydroxylation is 2. The van der Waals surface area contributed by atoms with Crippen LogP contribution in [0.15, 0.2) is 5.16 Å². The number of fused-ring (bicyclic) bond motifs is 1. The number of aromatic nitrogens is 1. The van der Waals surface area contributed by atoms with Crippen LogP contribution in [0.25, 0.3) is 0 Å². The zero-order valence-electron chi connectivity index (χ0n) is 11.6. The van der Waals surface area contributed by atoms with Crippen molar-refractivity contribution in [3.8, 4) is 0 Å². The molecular weight excluding hydrogens is 274 g/mol. The van der Waals surface area contributed by atoms with Crippen LogP contribution in [0.5, 0.6) is 0 Å². The SMILES string of the molecule is CCC1=NO[C@H](C(=O)NCCc2nc3c(s2)CCC3)C1. The normalized spacial score (nSPS) is 20.4. The summed E-state index contributed by atoms with van der Waals surface area (Å²) in [5.41, 5.74) is 2.23.